The van der Waals surface area contributed by atoms with E-state index in [0.717, 1.165) is 5.56 Å². The van der Waals surface area contributed by atoms with Gasteiger partial charge in [-0.3, -0.25) is 4.39 Å². The first-order valence-corrected chi connectivity index (χ1v) is 6.07. The van der Waals surface area contributed by atoms with Gasteiger partial charge in [0.05, 0.1) is 17.3 Å². The predicted molar refractivity (Wildman–Crippen MR) is 53.8 cm³/mol. The Labute approximate surface area is 83.7 Å². The number of hydrogen-bond acceptors (Lipinski definition) is 2. The Morgan fingerprint density at radius 2 is 1.79 bits per heavy atom. The Morgan fingerprint density at radius 3 is 2.29 bits per heavy atom. The Balaban J connectivity index is 2.87. The van der Waals surface area contributed by atoms with Gasteiger partial charge >= 0.3 is 0 Å². The van der Waals surface area contributed by atoms with Gasteiger partial charge in [0.2, 0.25) is 0 Å². The number of benzene rings is 1. The Kier molecular flexibility index (Phi) is 3.63. The zero-order valence-corrected chi connectivity index (χ0v) is 8.85. The first-order valence-electron chi connectivity index (χ1n) is 4.41. The van der Waals surface area contributed by atoms with Gasteiger partial charge in [-0.25, -0.2) is 8.42 Å². The molecule has 0 aliphatic heterocycles. The summed E-state index contributed by atoms with van der Waals surface area (Å²) in [6.45, 7) is 1.29. The summed E-state index contributed by atoms with van der Waals surface area (Å²) in [6, 6.07) is 6.59. The highest BCUT2D eigenvalue weighted by molar-refractivity contribution is 7.91. The van der Waals surface area contributed by atoms with E-state index in [1.54, 1.807) is 24.3 Å². The summed E-state index contributed by atoms with van der Waals surface area (Å²) in [6.07, 6.45) is 0.0657. The van der Waals surface area contributed by atoms with Crippen molar-refractivity contribution in [3.05, 3.63) is 29.8 Å². The van der Waals surface area contributed by atoms with E-state index in [1.807, 2.05) is 6.92 Å². The van der Waals surface area contributed by atoms with Crippen LogP contribution in [0.5, 0.6) is 0 Å². The Morgan fingerprint density at radius 1 is 1.21 bits per heavy atom. The van der Waals surface area contributed by atoms with Crippen LogP contribution >= 0.6 is 0 Å². The van der Waals surface area contributed by atoms with Crippen molar-refractivity contribution >= 4 is 9.84 Å². The topological polar surface area (TPSA) is 34.1 Å². The first-order chi connectivity index (χ1) is 6.56. The molecule has 2 nitrogen and oxygen atoms in total. The minimum absolute atomic E-state index is 0.0657. The number of rotatable bonds is 4. The molecular formula is C10H13FO2S. The molecule has 0 heterocycles. The maximum Gasteiger partial charge on any atom is 0.178 e. The van der Waals surface area contributed by atoms with Crippen molar-refractivity contribution in [2.24, 2.45) is 0 Å². The molecule has 0 spiro atoms. The standard InChI is InChI=1S/C10H13FO2S/c1-9-3-5-10(6-4-9)14(12,13)8-2-7-11/h3-6H,2,7-8H2,1H3/i11-1. The van der Waals surface area contributed by atoms with Crippen LogP contribution in [-0.2, 0) is 9.84 Å². The van der Waals surface area contributed by atoms with E-state index >= 15 is 0 Å². The van der Waals surface area contributed by atoms with Crippen LogP contribution in [0.4, 0.5) is 4.39 Å². The summed E-state index contributed by atoms with van der Waals surface area (Å²) in [5.41, 5.74) is 1.01. The molecule has 0 N–H and O–H groups in total. The molecular weight excluding hydrogens is 202 g/mol. The zero-order chi connectivity index (χ0) is 10.6. The highest BCUT2D eigenvalue weighted by Gasteiger charge is 2.12. The van der Waals surface area contributed by atoms with Crippen molar-refractivity contribution < 1.29 is 12.8 Å². The summed E-state index contributed by atoms with van der Waals surface area (Å²) >= 11 is 0. The molecule has 1 rings (SSSR count). The van der Waals surface area contributed by atoms with Crippen LogP contribution < -0.4 is 0 Å². The van der Waals surface area contributed by atoms with E-state index in [2.05, 4.69) is 0 Å². The molecule has 0 aromatic heterocycles. The van der Waals surface area contributed by atoms with Crippen LogP contribution in [-0.4, -0.2) is 20.8 Å². The molecule has 0 bridgehead atoms. The lowest BCUT2D eigenvalue weighted by Gasteiger charge is -2.02. The number of halogens is 1. The summed E-state index contributed by atoms with van der Waals surface area (Å²) in [5, 5.41) is 0. The van der Waals surface area contributed by atoms with Crippen molar-refractivity contribution in [2.75, 3.05) is 12.4 Å². The average molecular weight is 215 g/mol. The normalized spacial score (nSPS) is 11.6. The van der Waals surface area contributed by atoms with Gasteiger partial charge in [-0.15, -0.1) is 0 Å². The summed E-state index contributed by atoms with van der Waals surface area (Å²) in [4.78, 5) is 0.275. The fourth-order valence-corrected chi connectivity index (χ4v) is 2.38. The third-order valence-corrected chi connectivity index (χ3v) is 3.74. The second-order valence-corrected chi connectivity index (χ2v) is 5.28. The predicted octanol–water partition coefficient (Wildman–Crippen LogP) is 2.13. The van der Waals surface area contributed by atoms with E-state index in [-0.39, 0.29) is 17.1 Å². The van der Waals surface area contributed by atoms with Crippen LogP contribution in [0.3, 0.4) is 0 Å². The minimum Gasteiger partial charge on any atom is -0.251 e. The van der Waals surface area contributed by atoms with Gasteiger partial charge in [-0.05, 0) is 25.5 Å². The Hall–Kier alpha value is -0.900. The first kappa shape index (κ1) is 11.2. The quantitative estimate of drug-likeness (QED) is 0.771. The Bertz CT molecular complexity index is 381. The highest BCUT2D eigenvalue weighted by atomic mass is 32.2. The fraction of sp³-hybridized carbons (Fsp3) is 0.400. The van der Waals surface area contributed by atoms with E-state index in [4.69, 9.17) is 0 Å². The smallest absolute Gasteiger partial charge is 0.178 e. The molecule has 0 aliphatic rings. The largest absolute Gasteiger partial charge is 0.251 e. The van der Waals surface area contributed by atoms with Crippen LogP contribution in [0.1, 0.15) is 12.0 Å². The van der Waals surface area contributed by atoms with Gasteiger partial charge < -0.3 is 0 Å². The van der Waals surface area contributed by atoms with Crippen LogP contribution in [0.2, 0.25) is 0 Å². The van der Waals surface area contributed by atoms with Gasteiger partial charge in [0.15, 0.2) is 9.84 Å². The van der Waals surface area contributed by atoms with Gasteiger partial charge in [0.1, 0.15) is 0 Å². The molecule has 0 saturated heterocycles. The maximum atomic E-state index is 11.8. The van der Waals surface area contributed by atoms with E-state index in [0.29, 0.717) is 0 Å². The average Bonchev–Trinajstić information content (AvgIpc) is 2.16. The monoisotopic (exact) mass is 215 g/mol. The molecule has 0 radical (unpaired) electrons. The molecule has 78 valence electrons. The van der Waals surface area contributed by atoms with Crippen molar-refractivity contribution in [1.82, 2.24) is 0 Å². The molecule has 1 aromatic carbocycles. The van der Waals surface area contributed by atoms with Crippen molar-refractivity contribution in [1.29, 1.82) is 0 Å². The molecule has 0 atom stereocenters. The number of sulfone groups is 1. The van der Waals surface area contributed by atoms with E-state index in [9.17, 15) is 12.8 Å². The fourth-order valence-electron chi connectivity index (χ4n) is 1.11. The van der Waals surface area contributed by atoms with Crippen LogP contribution in [0.15, 0.2) is 29.2 Å². The molecule has 0 unspecified atom stereocenters. The zero-order valence-electron chi connectivity index (χ0n) is 8.03. The SMILES string of the molecule is Cc1ccc(S(=O)(=O)CCC[18F])cc1. The van der Waals surface area contributed by atoms with Gasteiger partial charge in [-0.1, -0.05) is 17.7 Å². The van der Waals surface area contributed by atoms with E-state index in [1.165, 1.54) is 0 Å². The highest BCUT2D eigenvalue weighted by Crippen LogP contribution is 2.12. The second-order valence-electron chi connectivity index (χ2n) is 3.17. The molecule has 0 amide bonds. The molecule has 4 heteroatoms. The summed E-state index contributed by atoms with van der Waals surface area (Å²) < 4.78 is 34.9. The van der Waals surface area contributed by atoms with E-state index < -0.39 is 16.5 Å². The second kappa shape index (κ2) is 4.55. The van der Waals surface area contributed by atoms with Crippen molar-refractivity contribution in [3.63, 3.8) is 0 Å². The van der Waals surface area contributed by atoms with Gasteiger partial charge in [0.25, 0.3) is 0 Å². The summed E-state index contributed by atoms with van der Waals surface area (Å²) in [7, 11) is -3.28. The molecule has 14 heavy (non-hydrogen) atoms. The number of hydrogen-bond donors (Lipinski definition) is 0. The van der Waals surface area contributed by atoms with Crippen molar-refractivity contribution in [2.45, 2.75) is 18.2 Å². The van der Waals surface area contributed by atoms with Gasteiger partial charge in [-0.2, -0.15) is 0 Å². The lowest BCUT2D eigenvalue weighted by Crippen LogP contribution is -2.07. The maximum absolute atomic E-state index is 11.8. The number of alkyl halides is 1. The molecule has 0 aliphatic carbocycles. The van der Waals surface area contributed by atoms with Crippen molar-refractivity contribution in [3.8, 4) is 0 Å². The minimum atomic E-state index is -3.28. The lowest BCUT2D eigenvalue weighted by atomic mass is 10.2. The third-order valence-electron chi connectivity index (χ3n) is 1.93. The van der Waals surface area contributed by atoms with Crippen LogP contribution in [0.25, 0.3) is 0 Å². The molecule has 1 aromatic rings. The summed E-state index contributed by atoms with van der Waals surface area (Å²) in [5.74, 6) is -0.118. The van der Waals surface area contributed by atoms with Crippen LogP contribution in [0, 0.1) is 6.92 Å². The lowest BCUT2D eigenvalue weighted by molar-refractivity contribution is 0.484. The third kappa shape index (κ3) is 2.80. The molecule has 0 fully saturated rings. The molecule has 0 saturated carbocycles. The van der Waals surface area contributed by atoms with Gasteiger partial charge in [0, 0.05) is 0 Å². The number of aryl methyl sites for hydroxylation is 1.